The Kier molecular flexibility index (Phi) is 3.15. The molecule has 0 bridgehead atoms. The van der Waals surface area contributed by atoms with Crippen LogP contribution in [-0.4, -0.2) is 0 Å². The van der Waals surface area contributed by atoms with Crippen LogP contribution < -0.4 is 5.73 Å². The minimum Gasteiger partial charge on any atom is -0.398 e. The molecule has 1 rings (SSSR count). The Balaban J connectivity index is 2.99. The molecule has 0 saturated heterocycles. The number of hydrogen-bond donors (Lipinski definition) is 3. The first-order chi connectivity index (χ1) is 5.27. The molecule has 0 aromatic heterocycles. The van der Waals surface area contributed by atoms with Crippen LogP contribution in [0.25, 0.3) is 0 Å². The van der Waals surface area contributed by atoms with Gasteiger partial charge in [-0.2, -0.15) is 25.3 Å². The second-order valence-corrected chi connectivity index (χ2v) is 2.98. The zero-order valence-corrected chi connectivity index (χ0v) is 7.91. The van der Waals surface area contributed by atoms with Crippen molar-refractivity contribution in [3.63, 3.8) is 0 Å². The molecule has 60 valence electrons. The number of anilines is 1. The maximum Gasteiger partial charge on any atom is 0.0358 e. The lowest BCUT2D eigenvalue weighted by atomic mass is 10.1. The maximum absolute atomic E-state index is 5.72. The molecule has 1 aromatic carbocycles. The third-order valence-electron chi connectivity index (χ3n) is 1.56. The predicted molar refractivity (Wildman–Crippen MR) is 56.2 cm³/mol. The fraction of sp³-hybridized carbons (Fsp3) is 0.250. The predicted octanol–water partition coefficient (Wildman–Crippen LogP) is 2.13. The van der Waals surface area contributed by atoms with Gasteiger partial charge in [0.15, 0.2) is 0 Å². The topological polar surface area (TPSA) is 26.0 Å². The van der Waals surface area contributed by atoms with Crippen LogP contribution in [-0.2, 0) is 11.5 Å². The largest absolute Gasteiger partial charge is 0.398 e. The normalized spacial score (nSPS) is 10.0. The third kappa shape index (κ3) is 2.07. The van der Waals surface area contributed by atoms with E-state index < -0.39 is 0 Å². The van der Waals surface area contributed by atoms with Crippen molar-refractivity contribution in [3.05, 3.63) is 29.3 Å². The fourth-order valence-corrected chi connectivity index (χ4v) is 1.37. The van der Waals surface area contributed by atoms with E-state index in [9.17, 15) is 0 Å². The highest BCUT2D eigenvalue weighted by Gasteiger charge is 1.96. The first kappa shape index (κ1) is 8.81. The Bertz CT molecular complexity index is 248. The summed E-state index contributed by atoms with van der Waals surface area (Å²) < 4.78 is 0. The van der Waals surface area contributed by atoms with Gasteiger partial charge in [-0.3, -0.25) is 0 Å². The molecule has 0 aliphatic carbocycles. The molecule has 0 saturated carbocycles. The Hall–Kier alpha value is -0.280. The average molecular weight is 185 g/mol. The Morgan fingerprint density at radius 1 is 1.18 bits per heavy atom. The minimum atomic E-state index is 0.693. The molecule has 1 aromatic rings. The SMILES string of the molecule is Nc1cc(CS)ccc1CS. The lowest BCUT2D eigenvalue weighted by Gasteiger charge is -2.03. The second kappa shape index (κ2) is 3.93. The van der Waals surface area contributed by atoms with Gasteiger partial charge in [-0.05, 0) is 17.2 Å². The molecule has 0 amide bonds. The van der Waals surface area contributed by atoms with Gasteiger partial charge in [-0.15, -0.1) is 0 Å². The maximum atomic E-state index is 5.72. The van der Waals surface area contributed by atoms with E-state index >= 15 is 0 Å². The second-order valence-electron chi connectivity index (χ2n) is 2.35. The van der Waals surface area contributed by atoms with E-state index in [0.717, 1.165) is 22.6 Å². The number of nitrogens with two attached hydrogens (primary N) is 1. The van der Waals surface area contributed by atoms with Gasteiger partial charge in [0.1, 0.15) is 0 Å². The molecule has 0 radical (unpaired) electrons. The zero-order chi connectivity index (χ0) is 8.27. The van der Waals surface area contributed by atoms with Crippen LogP contribution in [0.1, 0.15) is 11.1 Å². The molecular weight excluding hydrogens is 174 g/mol. The zero-order valence-electron chi connectivity index (χ0n) is 6.12. The van der Waals surface area contributed by atoms with Gasteiger partial charge in [-0.25, -0.2) is 0 Å². The molecule has 0 heterocycles. The quantitative estimate of drug-likeness (QED) is 0.477. The monoisotopic (exact) mass is 185 g/mol. The Morgan fingerprint density at radius 2 is 1.91 bits per heavy atom. The van der Waals surface area contributed by atoms with Gasteiger partial charge in [0, 0.05) is 17.2 Å². The standard InChI is InChI=1S/C8H11NS2/c9-8-3-6(4-10)1-2-7(8)5-11/h1-3,10-11H,4-5,9H2. The highest BCUT2D eigenvalue weighted by atomic mass is 32.1. The third-order valence-corrected chi connectivity index (χ3v) is 2.27. The van der Waals surface area contributed by atoms with Gasteiger partial charge in [0.05, 0.1) is 0 Å². The van der Waals surface area contributed by atoms with Gasteiger partial charge >= 0.3 is 0 Å². The summed E-state index contributed by atoms with van der Waals surface area (Å²) in [5.41, 5.74) is 8.77. The summed E-state index contributed by atoms with van der Waals surface area (Å²) in [6.07, 6.45) is 0. The summed E-state index contributed by atoms with van der Waals surface area (Å²) in [6, 6.07) is 5.96. The number of benzene rings is 1. The molecule has 0 fully saturated rings. The molecule has 1 nitrogen and oxygen atoms in total. The average Bonchev–Trinajstić information content (AvgIpc) is 2.04. The van der Waals surface area contributed by atoms with Gasteiger partial charge in [-0.1, -0.05) is 12.1 Å². The first-order valence-corrected chi connectivity index (χ1v) is 4.63. The number of thiol groups is 2. The lowest BCUT2D eigenvalue weighted by Crippen LogP contribution is -1.92. The van der Waals surface area contributed by atoms with Crippen molar-refractivity contribution in [1.29, 1.82) is 0 Å². The molecule has 0 atom stereocenters. The molecule has 0 aliphatic rings. The van der Waals surface area contributed by atoms with Crippen LogP contribution in [0.15, 0.2) is 18.2 Å². The van der Waals surface area contributed by atoms with E-state index in [-0.39, 0.29) is 0 Å². The van der Waals surface area contributed by atoms with Crippen LogP contribution in [0.5, 0.6) is 0 Å². The van der Waals surface area contributed by atoms with E-state index in [1.54, 1.807) is 0 Å². The summed E-state index contributed by atoms with van der Waals surface area (Å²) >= 11 is 8.29. The Labute approximate surface area is 77.8 Å². The first-order valence-electron chi connectivity index (χ1n) is 3.37. The van der Waals surface area contributed by atoms with Crippen molar-refractivity contribution >= 4 is 30.9 Å². The van der Waals surface area contributed by atoms with Crippen LogP contribution in [0.2, 0.25) is 0 Å². The summed E-state index contributed by atoms with van der Waals surface area (Å²) in [7, 11) is 0. The van der Waals surface area contributed by atoms with Crippen molar-refractivity contribution in [1.82, 2.24) is 0 Å². The van der Waals surface area contributed by atoms with Crippen LogP contribution in [0.4, 0.5) is 5.69 Å². The number of hydrogen-bond acceptors (Lipinski definition) is 3. The summed E-state index contributed by atoms with van der Waals surface area (Å²) in [5, 5.41) is 0. The Morgan fingerprint density at radius 3 is 2.36 bits per heavy atom. The molecule has 0 aliphatic heterocycles. The van der Waals surface area contributed by atoms with E-state index in [1.807, 2.05) is 18.2 Å². The molecule has 11 heavy (non-hydrogen) atoms. The minimum absolute atomic E-state index is 0.693. The van der Waals surface area contributed by atoms with Crippen molar-refractivity contribution in [3.8, 4) is 0 Å². The van der Waals surface area contributed by atoms with Crippen molar-refractivity contribution in [2.24, 2.45) is 0 Å². The number of nitrogen functional groups attached to an aromatic ring is 1. The van der Waals surface area contributed by atoms with Crippen LogP contribution in [0.3, 0.4) is 0 Å². The summed E-state index contributed by atoms with van der Waals surface area (Å²) in [5.74, 6) is 1.43. The van der Waals surface area contributed by atoms with Crippen LogP contribution >= 0.6 is 25.3 Å². The fourth-order valence-electron chi connectivity index (χ4n) is 0.887. The molecule has 0 spiro atoms. The summed E-state index contributed by atoms with van der Waals surface area (Å²) in [4.78, 5) is 0. The summed E-state index contributed by atoms with van der Waals surface area (Å²) in [6.45, 7) is 0. The van der Waals surface area contributed by atoms with Crippen molar-refractivity contribution < 1.29 is 0 Å². The van der Waals surface area contributed by atoms with Crippen molar-refractivity contribution in [2.75, 3.05) is 5.73 Å². The van der Waals surface area contributed by atoms with Crippen molar-refractivity contribution in [2.45, 2.75) is 11.5 Å². The van der Waals surface area contributed by atoms with Gasteiger partial charge < -0.3 is 5.73 Å². The van der Waals surface area contributed by atoms with E-state index in [4.69, 9.17) is 5.73 Å². The van der Waals surface area contributed by atoms with Gasteiger partial charge in [0.2, 0.25) is 0 Å². The van der Waals surface area contributed by atoms with E-state index in [1.165, 1.54) is 0 Å². The van der Waals surface area contributed by atoms with Gasteiger partial charge in [0.25, 0.3) is 0 Å². The lowest BCUT2D eigenvalue weighted by molar-refractivity contribution is 1.36. The highest BCUT2D eigenvalue weighted by Crippen LogP contribution is 2.16. The molecule has 3 heteroatoms. The molecule has 0 unspecified atom stereocenters. The molecule has 2 N–H and O–H groups in total. The highest BCUT2D eigenvalue weighted by molar-refractivity contribution is 7.79. The van der Waals surface area contributed by atoms with Crippen LogP contribution in [0, 0.1) is 0 Å². The van der Waals surface area contributed by atoms with E-state index in [0.29, 0.717) is 5.75 Å². The van der Waals surface area contributed by atoms with E-state index in [2.05, 4.69) is 25.3 Å². The number of rotatable bonds is 2. The molecular formula is C8H11NS2. The smallest absolute Gasteiger partial charge is 0.0358 e.